The number of hydrogen-bond acceptors (Lipinski definition) is 4. The van der Waals surface area contributed by atoms with Gasteiger partial charge in [-0.2, -0.15) is 0 Å². The molecule has 1 fully saturated rings. The van der Waals surface area contributed by atoms with Crippen LogP contribution in [0.1, 0.15) is 38.3 Å². The zero-order valence-electron chi connectivity index (χ0n) is 12.2. The number of carboxylic acid groups (broad SMARTS) is 1. The van der Waals surface area contributed by atoms with Crippen LogP contribution in [0.3, 0.4) is 0 Å². The quantitative estimate of drug-likeness (QED) is 0.876. The minimum atomic E-state index is -0.794. The van der Waals surface area contributed by atoms with Crippen molar-refractivity contribution in [3.8, 4) is 0 Å². The molecule has 2 heterocycles. The number of rotatable bonds is 5. The number of nitrogens with zero attached hydrogens (tertiary/aromatic N) is 2. The van der Waals surface area contributed by atoms with Gasteiger partial charge >= 0.3 is 12.0 Å². The zero-order valence-corrected chi connectivity index (χ0v) is 13.0. The Bertz CT molecular complexity index is 503. The first-order valence-corrected chi connectivity index (χ1v) is 8.14. The number of nitrogens with one attached hydrogen (secondary N) is 1. The topological polar surface area (TPSA) is 82.5 Å². The molecule has 0 spiro atoms. The average Bonchev–Trinajstić information content (AvgIpc) is 2.86. The number of carbonyl (C=O) groups is 2. The van der Waals surface area contributed by atoms with Gasteiger partial charge < -0.3 is 10.0 Å². The highest BCUT2D eigenvalue weighted by molar-refractivity contribution is 7.13. The van der Waals surface area contributed by atoms with Crippen LogP contribution in [0.15, 0.2) is 5.38 Å². The van der Waals surface area contributed by atoms with E-state index in [-0.39, 0.29) is 12.5 Å². The number of aliphatic carboxylic acids is 1. The van der Waals surface area contributed by atoms with Gasteiger partial charge in [-0.05, 0) is 31.6 Å². The van der Waals surface area contributed by atoms with E-state index in [4.69, 9.17) is 5.11 Å². The van der Waals surface area contributed by atoms with Crippen LogP contribution in [0.4, 0.5) is 9.93 Å². The van der Waals surface area contributed by atoms with Gasteiger partial charge in [0, 0.05) is 24.9 Å². The molecule has 0 radical (unpaired) electrons. The Hall–Kier alpha value is -1.63. The van der Waals surface area contributed by atoms with Gasteiger partial charge in [0.05, 0.1) is 5.69 Å². The predicted molar refractivity (Wildman–Crippen MR) is 81.7 cm³/mol. The predicted octanol–water partition coefficient (Wildman–Crippen LogP) is 2.81. The molecule has 1 unspecified atom stereocenters. The Balaban J connectivity index is 1.81. The van der Waals surface area contributed by atoms with E-state index >= 15 is 0 Å². The van der Waals surface area contributed by atoms with Gasteiger partial charge in [0.2, 0.25) is 0 Å². The van der Waals surface area contributed by atoms with E-state index in [9.17, 15) is 9.59 Å². The van der Waals surface area contributed by atoms with Crippen LogP contribution < -0.4 is 5.32 Å². The molecule has 0 saturated carbocycles. The third-order valence-corrected chi connectivity index (χ3v) is 4.34. The van der Waals surface area contributed by atoms with E-state index in [0.717, 1.165) is 25.2 Å². The van der Waals surface area contributed by atoms with Crippen molar-refractivity contribution in [2.75, 3.05) is 18.4 Å². The summed E-state index contributed by atoms with van der Waals surface area (Å²) in [6.45, 7) is 3.75. The Morgan fingerprint density at radius 2 is 2.38 bits per heavy atom. The summed E-state index contributed by atoms with van der Waals surface area (Å²) in [7, 11) is 0. The van der Waals surface area contributed by atoms with Gasteiger partial charge in [0.15, 0.2) is 5.13 Å². The summed E-state index contributed by atoms with van der Waals surface area (Å²) in [4.78, 5) is 28.8. The number of aryl methyl sites for hydroxylation is 1. The van der Waals surface area contributed by atoms with Crippen molar-refractivity contribution in [1.29, 1.82) is 0 Å². The van der Waals surface area contributed by atoms with Crippen molar-refractivity contribution >= 4 is 28.5 Å². The fraction of sp³-hybridized carbons (Fsp3) is 0.643. The first kappa shape index (κ1) is 15.8. The molecular weight excluding hydrogens is 290 g/mol. The molecule has 2 rings (SSSR count). The van der Waals surface area contributed by atoms with Crippen LogP contribution in [0.25, 0.3) is 0 Å². The third kappa shape index (κ3) is 5.00. The zero-order chi connectivity index (χ0) is 15.2. The summed E-state index contributed by atoms with van der Waals surface area (Å²) in [5, 5.41) is 13.9. The molecule has 0 bridgehead atoms. The van der Waals surface area contributed by atoms with Crippen LogP contribution in [0.2, 0.25) is 0 Å². The monoisotopic (exact) mass is 311 g/mol. The lowest BCUT2D eigenvalue weighted by Gasteiger charge is -2.30. The fourth-order valence-corrected chi connectivity index (χ4v) is 3.18. The number of anilines is 1. The number of carboxylic acids is 1. The minimum Gasteiger partial charge on any atom is -0.481 e. The van der Waals surface area contributed by atoms with E-state index in [0.29, 0.717) is 23.9 Å². The maximum absolute atomic E-state index is 12.1. The third-order valence-electron chi connectivity index (χ3n) is 3.53. The van der Waals surface area contributed by atoms with Crippen LogP contribution in [-0.4, -0.2) is 40.1 Å². The summed E-state index contributed by atoms with van der Waals surface area (Å²) in [6.07, 6.45) is 3.56. The largest absolute Gasteiger partial charge is 0.481 e. The normalized spacial score (nSPS) is 18.5. The summed E-state index contributed by atoms with van der Waals surface area (Å²) in [5.74, 6) is -0.245. The summed E-state index contributed by atoms with van der Waals surface area (Å²) < 4.78 is 0. The van der Waals surface area contributed by atoms with E-state index in [2.05, 4.69) is 17.2 Å². The second-order valence-electron chi connectivity index (χ2n) is 5.51. The Kier molecular flexibility index (Phi) is 5.55. The molecule has 1 aromatic heterocycles. The van der Waals surface area contributed by atoms with Crippen LogP contribution >= 0.6 is 11.3 Å². The van der Waals surface area contributed by atoms with Crippen molar-refractivity contribution in [2.45, 2.75) is 39.0 Å². The first-order chi connectivity index (χ1) is 10.0. The van der Waals surface area contributed by atoms with Gasteiger partial charge in [0.25, 0.3) is 0 Å². The van der Waals surface area contributed by atoms with Crippen molar-refractivity contribution in [3.05, 3.63) is 11.1 Å². The number of urea groups is 1. The van der Waals surface area contributed by atoms with Crippen molar-refractivity contribution in [1.82, 2.24) is 9.88 Å². The fourth-order valence-electron chi connectivity index (χ4n) is 2.44. The van der Waals surface area contributed by atoms with Gasteiger partial charge in [-0.15, -0.1) is 11.3 Å². The highest BCUT2D eigenvalue weighted by Crippen LogP contribution is 2.20. The second-order valence-corrected chi connectivity index (χ2v) is 6.37. The lowest BCUT2D eigenvalue weighted by atomic mass is 10.0. The van der Waals surface area contributed by atoms with Crippen LogP contribution in [0, 0.1) is 5.92 Å². The number of thiazole rings is 1. The molecule has 1 atom stereocenters. The Morgan fingerprint density at radius 1 is 1.57 bits per heavy atom. The molecular formula is C14H21N3O3S. The van der Waals surface area contributed by atoms with Crippen molar-refractivity contribution < 1.29 is 14.7 Å². The van der Waals surface area contributed by atoms with Gasteiger partial charge in [-0.1, -0.05) is 6.92 Å². The molecule has 7 heteroatoms. The standard InChI is InChI=1S/C14H21N3O3S/c1-10-4-3-7-17(8-10)14(20)16-13-15-11(9-21-13)5-2-6-12(18)19/h9-10H,2-8H2,1H3,(H,18,19)(H,15,16,20). The first-order valence-electron chi connectivity index (χ1n) is 7.26. The number of carbonyl (C=O) groups excluding carboxylic acids is 1. The number of hydrogen-bond donors (Lipinski definition) is 2. The second kappa shape index (κ2) is 7.40. The maximum Gasteiger partial charge on any atom is 0.323 e. The molecule has 2 N–H and O–H groups in total. The lowest BCUT2D eigenvalue weighted by molar-refractivity contribution is -0.137. The molecule has 1 aliphatic rings. The molecule has 0 aliphatic carbocycles. The van der Waals surface area contributed by atoms with Crippen molar-refractivity contribution in [2.24, 2.45) is 5.92 Å². The van der Waals surface area contributed by atoms with Crippen LogP contribution in [-0.2, 0) is 11.2 Å². The van der Waals surface area contributed by atoms with Gasteiger partial charge in [0.1, 0.15) is 0 Å². The Morgan fingerprint density at radius 3 is 3.10 bits per heavy atom. The van der Waals surface area contributed by atoms with E-state index in [1.165, 1.54) is 17.8 Å². The summed E-state index contributed by atoms with van der Waals surface area (Å²) >= 11 is 1.38. The molecule has 116 valence electrons. The van der Waals surface area contributed by atoms with Gasteiger partial charge in [-0.3, -0.25) is 10.1 Å². The van der Waals surface area contributed by atoms with Gasteiger partial charge in [-0.25, -0.2) is 9.78 Å². The summed E-state index contributed by atoms with van der Waals surface area (Å²) in [5.41, 5.74) is 0.837. The molecule has 1 aliphatic heterocycles. The van der Waals surface area contributed by atoms with Crippen LogP contribution in [0.5, 0.6) is 0 Å². The highest BCUT2D eigenvalue weighted by atomic mass is 32.1. The lowest BCUT2D eigenvalue weighted by Crippen LogP contribution is -2.41. The van der Waals surface area contributed by atoms with E-state index in [1.54, 1.807) is 0 Å². The SMILES string of the molecule is CC1CCCN(C(=O)Nc2nc(CCCC(=O)O)cs2)C1. The minimum absolute atomic E-state index is 0.0898. The molecule has 2 amide bonds. The molecule has 1 aromatic rings. The molecule has 0 aromatic carbocycles. The molecule has 21 heavy (non-hydrogen) atoms. The maximum atomic E-state index is 12.1. The number of likely N-dealkylation sites (tertiary alicyclic amines) is 1. The highest BCUT2D eigenvalue weighted by Gasteiger charge is 2.21. The Labute approximate surface area is 128 Å². The molecule has 6 nitrogen and oxygen atoms in total. The van der Waals surface area contributed by atoms with E-state index < -0.39 is 5.97 Å². The number of amides is 2. The number of aromatic nitrogens is 1. The smallest absolute Gasteiger partial charge is 0.323 e. The number of piperidine rings is 1. The summed E-state index contributed by atoms with van der Waals surface area (Å²) in [6, 6.07) is -0.0898. The average molecular weight is 311 g/mol. The van der Waals surface area contributed by atoms with E-state index in [1.807, 2.05) is 10.3 Å². The molecule has 1 saturated heterocycles. The van der Waals surface area contributed by atoms with Crippen molar-refractivity contribution in [3.63, 3.8) is 0 Å².